The van der Waals surface area contributed by atoms with Crippen molar-refractivity contribution in [3.63, 3.8) is 0 Å². The quantitative estimate of drug-likeness (QED) is 0.159. The van der Waals surface area contributed by atoms with E-state index in [-0.39, 0.29) is 33.2 Å². The molecule has 0 fully saturated rings. The number of urea groups is 1. The van der Waals surface area contributed by atoms with Gasteiger partial charge in [-0.1, -0.05) is 42.4 Å². The first kappa shape index (κ1) is 31.2. The highest BCUT2D eigenvalue weighted by Crippen LogP contribution is 2.29. The molecule has 0 aliphatic rings. The molecule has 0 atom stereocenters. The maximum Gasteiger partial charge on any atom is 0.327 e. The van der Waals surface area contributed by atoms with Gasteiger partial charge in [0.15, 0.2) is 0 Å². The van der Waals surface area contributed by atoms with Gasteiger partial charge in [0, 0.05) is 19.7 Å². The van der Waals surface area contributed by atoms with Crippen molar-refractivity contribution >= 4 is 58.2 Å². The molecule has 3 amide bonds. The van der Waals surface area contributed by atoms with Crippen LogP contribution in [0.3, 0.4) is 0 Å². The van der Waals surface area contributed by atoms with Gasteiger partial charge in [-0.3, -0.25) is 9.69 Å². The summed E-state index contributed by atoms with van der Waals surface area (Å²) in [5, 5.41) is 11.7. The van der Waals surface area contributed by atoms with Crippen LogP contribution in [-0.2, 0) is 20.8 Å². The maximum absolute atomic E-state index is 13.1. The van der Waals surface area contributed by atoms with Crippen molar-refractivity contribution in [1.82, 2.24) is 20.6 Å². The lowest BCUT2D eigenvalue weighted by molar-refractivity contribution is -0.111. The molecule has 208 valence electrons. The second-order valence-electron chi connectivity index (χ2n) is 7.87. The third kappa shape index (κ3) is 8.47. The average Bonchev–Trinajstić information content (AvgIpc) is 2.95. The SMILES string of the molecule is C=CC(=O)Nc1cc(CNC)ccc1Nc1cc(N(C)C(=O)NC(=C(\Cl)C(=C)OC)/C(Cl)=C(\C)OC)ncn1. The van der Waals surface area contributed by atoms with Gasteiger partial charge >= 0.3 is 6.03 Å². The number of carbonyl (C=O) groups is 2. The molecule has 0 aliphatic heterocycles. The van der Waals surface area contributed by atoms with Crippen LogP contribution >= 0.6 is 23.2 Å². The Labute approximate surface area is 237 Å². The lowest BCUT2D eigenvalue weighted by Crippen LogP contribution is -2.38. The molecule has 0 bridgehead atoms. The van der Waals surface area contributed by atoms with Crippen molar-refractivity contribution in [2.75, 3.05) is 43.8 Å². The first-order chi connectivity index (χ1) is 18.6. The van der Waals surface area contributed by atoms with E-state index in [0.717, 1.165) is 5.56 Å². The summed E-state index contributed by atoms with van der Waals surface area (Å²) in [6.07, 6.45) is 2.47. The molecule has 39 heavy (non-hydrogen) atoms. The molecular weight excluding hydrogens is 545 g/mol. The topological polar surface area (TPSA) is 130 Å². The van der Waals surface area contributed by atoms with Gasteiger partial charge in [0.1, 0.15) is 39.5 Å². The molecular formula is C26H31Cl2N7O4. The minimum Gasteiger partial charge on any atom is -0.500 e. The first-order valence-electron chi connectivity index (χ1n) is 11.4. The Hall–Kier alpha value is -4.06. The van der Waals surface area contributed by atoms with E-state index < -0.39 is 6.03 Å². The lowest BCUT2D eigenvalue weighted by atomic mass is 10.1. The van der Waals surface area contributed by atoms with Crippen LogP contribution in [0.4, 0.5) is 27.8 Å². The number of hydrogen-bond acceptors (Lipinski definition) is 8. The fourth-order valence-electron chi connectivity index (χ4n) is 3.03. The third-order valence-corrected chi connectivity index (χ3v) is 6.10. The van der Waals surface area contributed by atoms with Crippen molar-refractivity contribution in [2.24, 2.45) is 0 Å². The van der Waals surface area contributed by atoms with E-state index >= 15 is 0 Å². The Bertz CT molecular complexity index is 1310. The number of benzene rings is 1. The van der Waals surface area contributed by atoms with Crippen LogP contribution in [0.5, 0.6) is 0 Å². The van der Waals surface area contributed by atoms with Crippen molar-refractivity contribution < 1.29 is 19.1 Å². The number of halogens is 2. The van der Waals surface area contributed by atoms with Crippen LogP contribution in [0, 0.1) is 0 Å². The van der Waals surface area contributed by atoms with Crippen LogP contribution < -0.4 is 26.2 Å². The van der Waals surface area contributed by atoms with E-state index in [1.54, 1.807) is 19.1 Å². The lowest BCUT2D eigenvalue weighted by Gasteiger charge is -2.21. The van der Waals surface area contributed by atoms with Gasteiger partial charge in [0.05, 0.1) is 31.3 Å². The van der Waals surface area contributed by atoms with E-state index in [2.05, 4.69) is 44.4 Å². The first-order valence-corrected chi connectivity index (χ1v) is 12.2. The van der Waals surface area contributed by atoms with E-state index in [0.29, 0.717) is 29.5 Å². The second-order valence-corrected chi connectivity index (χ2v) is 8.63. The van der Waals surface area contributed by atoms with Crippen LogP contribution in [-0.4, -0.2) is 50.2 Å². The largest absolute Gasteiger partial charge is 0.500 e. The molecule has 0 radical (unpaired) electrons. The van der Waals surface area contributed by atoms with Gasteiger partial charge < -0.3 is 30.7 Å². The Morgan fingerprint density at radius 3 is 2.44 bits per heavy atom. The van der Waals surface area contributed by atoms with Gasteiger partial charge in [0.25, 0.3) is 0 Å². The van der Waals surface area contributed by atoms with Crippen LogP contribution in [0.25, 0.3) is 0 Å². The zero-order chi connectivity index (χ0) is 29.1. The van der Waals surface area contributed by atoms with Crippen LogP contribution in [0.15, 0.2) is 77.1 Å². The highest BCUT2D eigenvalue weighted by atomic mass is 35.5. The molecule has 2 aromatic rings. The zero-order valence-corrected chi connectivity index (χ0v) is 23.8. The number of methoxy groups -OCH3 is 2. The molecule has 11 nitrogen and oxygen atoms in total. The zero-order valence-electron chi connectivity index (χ0n) is 22.3. The van der Waals surface area contributed by atoms with Crippen molar-refractivity contribution in [3.05, 3.63) is 82.7 Å². The normalized spacial score (nSPS) is 11.9. The summed E-state index contributed by atoms with van der Waals surface area (Å²) in [6.45, 7) is 9.42. The number of hydrogen-bond donors (Lipinski definition) is 4. The number of amides is 3. The molecule has 0 saturated carbocycles. The third-order valence-electron chi connectivity index (χ3n) is 5.25. The fraction of sp³-hybridized carbons (Fsp3) is 0.231. The summed E-state index contributed by atoms with van der Waals surface area (Å²) in [7, 11) is 6.14. The average molecular weight is 576 g/mol. The van der Waals surface area contributed by atoms with Crippen LogP contribution in [0.1, 0.15) is 12.5 Å². The number of ether oxygens (including phenoxy) is 2. The van der Waals surface area contributed by atoms with E-state index in [4.69, 9.17) is 32.7 Å². The highest BCUT2D eigenvalue weighted by molar-refractivity contribution is 6.37. The molecule has 0 unspecified atom stereocenters. The number of carbonyl (C=O) groups excluding carboxylic acids is 2. The summed E-state index contributed by atoms with van der Waals surface area (Å²) in [4.78, 5) is 34.8. The molecule has 13 heteroatoms. The van der Waals surface area contributed by atoms with Gasteiger partial charge in [-0.15, -0.1) is 0 Å². The summed E-state index contributed by atoms with van der Waals surface area (Å²) < 4.78 is 10.3. The van der Waals surface area contributed by atoms with Gasteiger partial charge in [-0.25, -0.2) is 14.8 Å². The van der Waals surface area contributed by atoms with Gasteiger partial charge in [0.2, 0.25) is 5.91 Å². The molecule has 0 aliphatic carbocycles. The molecule has 1 aromatic carbocycles. The Morgan fingerprint density at radius 1 is 1.10 bits per heavy atom. The number of nitrogens with one attached hydrogen (secondary N) is 4. The smallest absolute Gasteiger partial charge is 0.327 e. The summed E-state index contributed by atoms with van der Waals surface area (Å²) in [6, 6.07) is 6.46. The van der Waals surface area contributed by atoms with Gasteiger partial charge in [-0.2, -0.15) is 0 Å². The summed E-state index contributed by atoms with van der Waals surface area (Å²) in [5.41, 5.74) is 2.09. The monoisotopic (exact) mass is 575 g/mol. The number of nitrogens with zero attached hydrogens (tertiary/aromatic N) is 3. The molecule has 2 rings (SSSR count). The molecule has 1 aromatic heterocycles. The Balaban J connectivity index is 2.36. The molecule has 1 heterocycles. The summed E-state index contributed by atoms with van der Waals surface area (Å²) >= 11 is 12.8. The standard InChI is InChI=1S/C26H31Cl2N7O4/c1-8-22(36)33-19-11-17(13-29-4)9-10-18(19)32-20-12-21(31-14-30-20)35(5)26(37)34-25(23(27)15(2)38-6)24(28)16(3)39-7/h8-12,14,29H,1-2,13H2,3-7H3,(H,33,36)(H,34,37)(H,30,31,32)/b24-16-,25-23-. The molecule has 4 N–H and O–H groups in total. The number of aromatic nitrogens is 2. The van der Waals surface area contributed by atoms with E-state index in [1.165, 1.54) is 38.6 Å². The highest BCUT2D eigenvalue weighted by Gasteiger charge is 2.21. The predicted molar refractivity (Wildman–Crippen MR) is 155 cm³/mol. The number of rotatable bonds is 12. The Morgan fingerprint density at radius 2 is 1.82 bits per heavy atom. The summed E-state index contributed by atoms with van der Waals surface area (Å²) in [5.74, 6) is 0.646. The number of anilines is 4. The van der Waals surface area contributed by atoms with Gasteiger partial charge in [-0.05, 0) is 37.7 Å². The fourth-order valence-corrected chi connectivity index (χ4v) is 3.52. The van der Waals surface area contributed by atoms with Crippen molar-refractivity contribution in [3.8, 4) is 0 Å². The molecule has 0 saturated heterocycles. The number of allylic oxidation sites excluding steroid dienone is 3. The minimum atomic E-state index is -0.617. The van der Waals surface area contributed by atoms with Crippen LogP contribution in [0.2, 0.25) is 0 Å². The van der Waals surface area contributed by atoms with Crippen molar-refractivity contribution in [1.29, 1.82) is 0 Å². The maximum atomic E-state index is 13.1. The molecule has 0 spiro atoms. The minimum absolute atomic E-state index is 0.0125. The Kier molecular flexibility index (Phi) is 11.8. The van der Waals surface area contributed by atoms with E-state index in [9.17, 15) is 9.59 Å². The predicted octanol–water partition coefficient (Wildman–Crippen LogP) is 4.94. The second kappa shape index (κ2) is 14.8. The van der Waals surface area contributed by atoms with E-state index in [1.807, 2.05) is 19.2 Å². The van der Waals surface area contributed by atoms with Crippen molar-refractivity contribution in [2.45, 2.75) is 13.5 Å².